The zero-order valence-electron chi connectivity index (χ0n) is 18.6. The van der Waals surface area contributed by atoms with Crippen LogP contribution in [0.15, 0.2) is 84.0 Å². The summed E-state index contributed by atoms with van der Waals surface area (Å²) >= 11 is 1.19. The van der Waals surface area contributed by atoms with Crippen LogP contribution >= 0.6 is 11.8 Å². The number of thioether (sulfide) groups is 1. The average molecular weight is 499 g/mol. The molecule has 3 aromatic carbocycles. The quantitative estimate of drug-likeness (QED) is 0.288. The zero-order chi connectivity index (χ0) is 24.8. The Balaban J connectivity index is 1.48. The van der Waals surface area contributed by atoms with E-state index >= 15 is 0 Å². The summed E-state index contributed by atoms with van der Waals surface area (Å²) < 4.78 is 45.2. The second-order valence-electron chi connectivity index (χ2n) is 7.52. The van der Waals surface area contributed by atoms with Gasteiger partial charge in [0.2, 0.25) is 5.91 Å². The average Bonchev–Trinajstić information content (AvgIpc) is 3.28. The van der Waals surface area contributed by atoms with Crippen molar-refractivity contribution in [3.05, 3.63) is 90.2 Å². The molecule has 1 amide bonds. The topological polar surface area (TPSA) is 60.2 Å². The van der Waals surface area contributed by atoms with Crippen LogP contribution in [0.1, 0.15) is 5.56 Å². The lowest BCUT2D eigenvalue weighted by atomic mass is 10.2. The van der Waals surface area contributed by atoms with E-state index in [0.29, 0.717) is 23.1 Å². The smallest absolute Gasteiger partial charge is 0.387 e. The second-order valence-corrected chi connectivity index (χ2v) is 8.46. The number of para-hydroxylation sites is 1. The summed E-state index contributed by atoms with van der Waals surface area (Å²) in [4.78, 5) is 14.3. The van der Waals surface area contributed by atoms with Crippen LogP contribution in [0, 0.1) is 5.82 Å². The van der Waals surface area contributed by atoms with Gasteiger partial charge in [0.1, 0.15) is 11.6 Å². The van der Waals surface area contributed by atoms with E-state index in [0.717, 1.165) is 11.3 Å². The molecule has 0 bridgehead atoms. The van der Waals surface area contributed by atoms with Crippen LogP contribution in [-0.2, 0) is 11.3 Å². The van der Waals surface area contributed by atoms with Gasteiger partial charge in [-0.25, -0.2) is 4.39 Å². The van der Waals surface area contributed by atoms with Crippen LogP contribution in [0.2, 0.25) is 0 Å². The molecule has 10 heteroatoms. The second kappa shape index (κ2) is 11.1. The number of carbonyl (C=O) groups excluding carboxylic acids is 1. The predicted molar refractivity (Wildman–Crippen MR) is 127 cm³/mol. The number of halogens is 3. The predicted octanol–water partition coefficient (Wildman–Crippen LogP) is 5.43. The van der Waals surface area contributed by atoms with E-state index in [4.69, 9.17) is 0 Å². The molecule has 0 saturated heterocycles. The fourth-order valence-electron chi connectivity index (χ4n) is 3.37. The van der Waals surface area contributed by atoms with Crippen molar-refractivity contribution in [2.75, 3.05) is 12.8 Å². The van der Waals surface area contributed by atoms with Crippen LogP contribution in [0.25, 0.3) is 17.1 Å². The minimum atomic E-state index is -2.89. The van der Waals surface area contributed by atoms with Crippen molar-refractivity contribution in [1.82, 2.24) is 19.7 Å². The van der Waals surface area contributed by atoms with E-state index in [2.05, 4.69) is 14.9 Å². The van der Waals surface area contributed by atoms with Crippen LogP contribution in [0.3, 0.4) is 0 Å². The lowest BCUT2D eigenvalue weighted by Crippen LogP contribution is -2.27. The van der Waals surface area contributed by atoms with E-state index in [9.17, 15) is 18.0 Å². The fraction of sp³-hybridized carbons (Fsp3) is 0.160. The van der Waals surface area contributed by atoms with E-state index in [1.165, 1.54) is 34.9 Å². The van der Waals surface area contributed by atoms with Crippen molar-refractivity contribution in [1.29, 1.82) is 0 Å². The molecule has 0 N–H and O–H groups in total. The van der Waals surface area contributed by atoms with Crippen molar-refractivity contribution < 1.29 is 22.7 Å². The van der Waals surface area contributed by atoms with Crippen molar-refractivity contribution in [2.24, 2.45) is 0 Å². The van der Waals surface area contributed by atoms with Gasteiger partial charge >= 0.3 is 6.61 Å². The maximum Gasteiger partial charge on any atom is 0.387 e. The van der Waals surface area contributed by atoms with Gasteiger partial charge in [0.15, 0.2) is 11.0 Å². The molecule has 0 saturated carbocycles. The molecule has 6 nitrogen and oxygen atoms in total. The third-order valence-electron chi connectivity index (χ3n) is 5.08. The third kappa shape index (κ3) is 6.02. The highest BCUT2D eigenvalue weighted by Gasteiger charge is 2.20. The first kappa shape index (κ1) is 24.3. The van der Waals surface area contributed by atoms with E-state index in [1.54, 1.807) is 41.9 Å². The van der Waals surface area contributed by atoms with Gasteiger partial charge in [-0.1, -0.05) is 54.2 Å². The van der Waals surface area contributed by atoms with Crippen LogP contribution < -0.4 is 4.74 Å². The summed E-state index contributed by atoms with van der Waals surface area (Å²) in [6.45, 7) is -2.60. The van der Waals surface area contributed by atoms with Crippen LogP contribution in [0.4, 0.5) is 13.2 Å². The molecule has 0 aliphatic heterocycles. The number of rotatable bonds is 9. The van der Waals surface area contributed by atoms with Gasteiger partial charge in [-0.2, -0.15) is 8.78 Å². The molecule has 0 spiro atoms. The van der Waals surface area contributed by atoms with Gasteiger partial charge < -0.3 is 9.64 Å². The molecule has 4 aromatic rings. The molecule has 0 atom stereocenters. The number of ether oxygens (including phenoxy) is 1. The molecule has 4 rings (SSSR count). The van der Waals surface area contributed by atoms with Gasteiger partial charge in [-0.15, -0.1) is 10.2 Å². The SMILES string of the molecule is CN(Cc1ccc(OC(F)F)cc1)C(=O)CSc1nnc(-c2ccccc2F)n1-c1ccccc1. The van der Waals surface area contributed by atoms with Crippen LogP contribution in [-0.4, -0.2) is 45.0 Å². The Morgan fingerprint density at radius 2 is 1.69 bits per heavy atom. The molecule has 0 aliphatic rings. The Kier molecular flexibility index (Phi) is 7.71. The molecule has 0 unspecified atom stereocenters. The van der Waals surface area contributed by atoms with Crippen molar-refractivity contribution in [3.8, 4) is 22.8 Å². The van der Waals surface area contributed by atoms with Gasteiger partial charge in [0.25, 0.3) is 0 Å². The molecule has 180 valence electrons. The summed E-state index contributed by atoms with van der Waals surface area (Å²) in [5.41, 5.74) is 1.81. The van der Waals surface area contributed by atoms with E-state index < -0.39 is 12.4 Å². The number of nitrogens with zero attached hydrogens (tertiary/aromatic N) is 4. The monoisotopic (exact) mass is 498 g/mol. The summed E-state index contributed by atoms with van der Waals surface area (Å²) in [7, 11) is 1.65. The molecule has 0 radical (unpaired) electrons. The third-order valence-corrected chi connectivity index (χ3v) is 5.99. The van der Waals surface area contributed by atoms with Gasteiger partial charge in [-0.05, 0) is 42.0 Å². The summed E-state index contributed by atoms with van der Waals surface area (Å²) in [6, 6.07) is 21.7. The number of hydrogen-bond acceptors (Lipinski definition) is 5. The Labute approximate surface area is 204 Å². The maximum atomic E-state index is 14.5. The van der Waals surface area contributed by atoms with E-state index in [-0.39, 0.29) is 17.4 Å². The minimum Gasteiger partial charge on any atom is -0.435 e. The van der Waals surface area contributed by atoms with Crippen LogP contribution in [0.5, 0.6) is 5.75 Å². The van der Waals surface area contributed by atoms with E-state index in [1.807, 2.05) is 30.3 Å². The summed E-state index contributed by atoms with van der Waals surface area (Å²) in [5, 5.41) is 8.88. The first-order chi connectivity index (χ1) is 16.9. The fourth-order valence-corrected chi connectivity index (χ4v) is 4.26. The van der Waals surface area contributed by atoms with Crippen molar-refractivity contribution >= 4 is 17.7 Å². The number of hydrogen-bond donors (Lipinski definition) is 0. The molecular formula is C25H21F3N4O2S. The summed E-state index contributed by atoms with van der Waals surface area (Å²) in [5.74, 6) is -0.124. The molecule has 1 aromatic heterocycles. The Morgan fingerprint density at radius 1 is 1.00 bits per heavy atom. The Bertz CT molecular complexity index is 1280. The first-order valence-corrected chi connectivity index (χ1v) is 11.6. The highest BCUT2D eigenvalue weighted by atomic mass is 32.2. The molecule has 0 fully saturated rings. The maximum absolute atomic E-state index is 14.5. The number of benzene rings is 3. The standard InChI is InChI=1S/C25H21F3N4O2S/c1-31(15-17-11-13-19(14-12-17)34-24(27)28)22(33)16-35-25-30-29-23(20-9-5-6-10-21(20)26)32(25)18-7-3-2-4-8-18/h2-14,24H,15-16H2,1H3. The molecule has 1 heterocycles. The highest BCUT2D eigenvalue weighted by Crippen LogP contribution is 2.29. The summed E-state index contributed by atoms with van der Waals surface area (Å²) in [6.07, 6.45) is 0. The Hall–Kier alpha value is -3.79. The molecule has 35 heavy (non-hydrogen) atoms. The minimum absolute atomic E-state index is 0.0548. The van der Waals surface area contributed by atoms with Crippen molar-refractivity contribution in [2.45, 2.75) is 18.3 Å². The molecule has 0 aliphatic carbocycles. The Morgan fingerprint density at radius 3 is 2.37 bits per heavy atom. The number of carbonyl (C=O) groups is 1. The first-order valence-electron chi connectivity index (χ1n) is 10.6. The normalized spacial score (nSPS) is 11.0. The van der Waals surface area contributed by atoms with Gasteiger partial charge in [0.05, 0.1) is 11.3 Å². The van der Waals surface area contributed by atoms with Gasteiger partial charge in [0, 0.05) is 19.3 Å². The number of amides is 1. The number of alkyl halides is 2. The zero-order valence-corrected chi connectivity index (χ0v) is 19.5. The van der Waals surface area contributed by atoms with Crippen molar-refractivity contribution in [3.63, 3.8) is 0 Å². The largest absolute Gasteiger partial charge is 0.435 e. The van der Waals surface area contributed by atoms with Gasteiger partial charge in [-0.3, -0.25) is 9.36 Å². The molecular weight excluding hydrogens is 477 g/mol. The number of aromatic nitrogens is 3. The lowest BCUT2D eigenvalue weighted by molar-refractivity contribution is -0.127. The lowest BCUT2D eigenvalue weighted by Gasteiger charge is -2.17. The highest BCUT2D eigenvalue weighted by molar-refractivity contribution is 7.99.